The quantitative estimate of drug-likeness (QED) is 0.843. The number of anilines is 1. The van der Waals surface area contributed by atoms with Crippen LogP contribution in [0.2, 0.25) is 0 Å². The summed E-state index contributed by atoms with van der Waals surface area (Å²) in [5.74, 6) is 1.85. The molecule has 2 atom stereocenters. The van der Waals surface area contributed by atoms with Crippen molar-refractivity contribution in [1.29, 1.82) is 0 Å². The molecule has 3 rings (SSSR count). The summed E-state index contributed by atoms with van der Waals surface area (Å²) in [7, 11) is 0. The van der Waals surface area contributed by atoms with Gasteiger partial charge in [-0.15, -0.1) is 0 Å². The average molecular weight is 316 g/mol. The van der Waals surface area contributed by atoms with Gasteiger partial charge in [-0.25, -0.2) is 0 Å². The third kappa shape index (κ3) is 4.47. The maximum atomic E-state index is 12.4. The first-order chi connectivity index (χ1) is 11.1. The van der Waals surface area contributed by atoms with Crippen LogP contribution in [0.25, 0.3) is 0 Å². The summed E-state index contributed by atoms with van der Waals surface area (Å²) in [6.07, 6.45) is 5.43. The zero-order valence-corrected chi connectivity index (χ0v) is 14.2. The van der Waals surface area contributed by atoms with Crippen molar-refractivity contribution in [1.82, 2.24) is 5.32 Å². The standard InChI is InChI=1S/C19H28N2O2/c1-13(2)12-23-18-6-4-3-5-17(18)21-19(22)11-14-9-15-7-8-16(10-14)20-15/h3-6,13-16,20H,7-12H2,1-2H3,(H,21,22). The lowest BCUT2D eigenvalue weighted by Crippen LogP contribution is -2.39. The number of hydrogen-bond donors (Lipinski definition) is 2. The van der Waals surface area contributed by atoms with Gasteiger partial charge in [0, 0.05) is 18.5 Å². The number of benzene rings is 1. The number of hydrogen-bond acceptors (Lipinski definition) is 3. The van der Waals surface area contributed by atoms with Crippen LogP contribution in [-0.2, 0) is 4.79 Å². The molecule has 1 amide bonds. The summed E-state index contributed by atoms with van der Waals surface area (Å²) in [6, 6.07) is 8.97. The number of carbonyl (C=O) groups excluding carboxylic acids is 1. The Morgan fingerprint density at radius 2 is 1.96 bits per heavy atom. The minimum absolute atomic E-state index is 0.108. The largest absolute Gasteiger partial charge is 0.491 e. The summed E-state index contributed by atoms with van der Waals surface area (Å²) in [4.78, 5) is 12.4. The van der Waals surface area contributed by atoms with Crippen LogP contribution in [-0.4, -0.2) is 24.6 Å². The van der Waals surface area contributed by atoms with Gasteiger partial charge in [0.15, 0.2) is 0 Å². The molecule has 0 aromatic heterocycles. The van der Waals surface area contributed by atoms with Crippen LogP contribution in [0.5, 0.6) is 5.75 Å². The van der Waals surface area contributed by atoms with Crippen molar-refractivity contribution >= 4 is 11.6 Å². The van der Waals surface area contributed by atoms with Gasteiger partial charge in [-0.05, 0) is 49.7 Å². The number of nitrogens with one attached hydrogen (secondary N) is 2. The van der Waals surface area contributed by atoms with Crippen LogP contribution in [0.1, 0.15) is 46.0 Å². The molecule has 2 unspecified atom stereocenters. The highest BCUT2D eigenvalue weighted by atomic mass is 16.5. The van der Waals surface area contributed by atoms with E-state index in [1.165, 1.54) is 12.8 Å². The van der Waals surface area contributed by atoms with E-state index >= 15 is 0 Å². The van der Waals surface area contributed by atoms with Crippen molar-refractivity contribution in [2.45, 2.75) is 58.0 Å². The number of rotatable bonds is 6. The van der Waals surface area contributed by atoms with Gasteiger partial charge in [0.2, 0.25) is 5.91 Å². The molecule has 2 aliphatic rings. The summed E-state index contributed by atoms with van der Waals surface area (Å²) in [5.41, 5.74) is 0.787. The van der Waals surface area contributed by atoms with Crippen molar-refractivity contribution < 1.29 is 9.53 Å². The van der Waals surface area contributed by atoms with Crippen LogP contribution in [0, 0.1) is 11.8 Å². The first kappa shape index (κ1) is 16.3. The molecule has 0 saturated carbocycles. The molecular formula is C19H28N2O2. The van der Waals surface area contributed by atoms with Crippen LogP contribution in [0.4, 0.5) is 5.69 Å². The fourth-order valence-corrected chi connectivity index (χ4v) is 3.76. The van der Waals surface area contributed by atoms with E-state index in [-0.39, 0.29) is 5.91 Å². The van der Waals surface area contributed by atoms with Gasteiger partial charge in [0.25, 0.3) is 0 Å². The highest BCUT2D eigenvalue weighted by Crippen LogP contribution is 2.33. The Morgan fingerprint density at radius 1 is 1.26 bits per heavy atom. The molecule has 2 heterocycles. The first-order valence-electron chi connectivity index (χ1n) is 8.88. The molecule has 2 N–H and O–H groups in total. The van der Waals surface area contributed by atoms with Crippen LogP contribution >= 0.6 is 0 Å². The number of carbonyl (C=O) groups is 1. The molecule has 1 aromatic rings. The molecule has 1 aromatic carbocycles. The molecule has 23 heavy (non-hydrogen) atoms. The van der Waals surface area contributed by atoms with E-state index in [2.05, 4.69) is 24.5 Å². The lowest BCUT2D eigenvalue weighted by Gasteiger charge is -2.28. The summed E-state index contributed by atoms with van der Waals surface area (Å²) in [5, 5.41) is 6.68. The maximum absolute atomic E-state index is 12.4. The Morgan fingerprint density at radius 3 is 2.65 bits per heavy atom. The van der Waals surface area contributed by atoms with Gasteiger partial charge in [-0.2, -0.15) is 0 Å². The SMILES string of the molecule is CC(C)COc1ccccc1NC(=O)CC1CC2CCC(C1)N2. The number of para-hydroxylation sites is 2. The number of piperidine rings is 1. The first-order valence-corrected chi connectivity index (χ1v) is 8.88. The van der Waals surface area contributed by atoms with Gasteiger partial charge in [-0.1, -0.05) is 26.0 Å². The Kier molecular flexibility index (Phi) is 5.21. The zero-order valence-electron chi connectivity index (χ0n) is 14.2. The topological polar surface area (TPSA) is 50.4 Å². The zero-order chi connectivity index (χ0) is 16.2. The van der Waals surface area contributed by atoms with E-state index in [4.69, 9.17) is 4.74 Å². The average Bonchev–Trinajstić information content (AvgIpc) is 2.85. The van der Waals surface area contributed by atoms with Crippen molar-refractivity contribution in [2.24, 2.45) is 11.8 Å². The third-order valence-electron chi connectivity index (χ3n) is 4.78. The molecule has 0 aliphatic carbocycles. The van der Waals surface area contributed by atoms with Crippen LogP contribution in [0.15, 0.2) is 24.3 Å². The van der Waals surface area contributed by atoms with Gasteiger partial charge >= 0.3 is 0 Å². The Bertz CT molecular complexity index is 532. The van der Waals surface area contributed by atoms with Gasteiger partial charge < -0.3 is 15.4 Å². The van der Waals surface area contributed by atoms with E-state index < -0.39 is 0 Å². The van der Waals surface area contributed by atoms with E-state index in [0.29, 0.717) is 36.9 Å². The summed E-state index contributed by atoms with van der Waals surface area (Å²) >= 11 is 0. The highest BCUT2D eigenvalue weighted by Gasteiger charge is 2.34. The van der Waals surface area contributed by atoms with Crippen molar-refractivity contribution in [3.05, 3.63) is 24.3 Å². The van der Waals surface area contributed by atoms with Crippen molar-refractivity contribution in [3.8, 4) is 5.75 Å². The van der Waals surface area contributed by atoms with E-state index in [1.54, 1.807) is 0 Å². The lowest BCUT2D eigenvalue weighted by atomic mass is 9.89. The van der Waals surface area contributed by atoms with Crippen LogP contribution < -0.4 is 15.4 Å². The molecule has 2 bridgehead atoms. The summed E-state index contributed by atoms with van der Waals surface area (Å²) in [6.45, 7) is 4.89. The maximum Gasteiger partial charge on any atom is 0.224 e. The fraction of sp³-hybridized carbons (Fsp3) is 0.632. The minimum Gasteiger partial charge on any atom is -0.491 e. The Labute approximate surface area is 139 Å². The minimum atomic E-state index is 0.108. The number of amides is 1. The van der Waals surface area contributed by atoms with Gasteiger partial charge in [0.1, 0.15) is 5.75 Å². The Balaban J connectivity index is 1.55. The fourth-order valence-electron chi connectivity index (χ4n) is 3.76. The van der Waals surface area contributed by atoms with E-state index in [1.807, 2.05) is 24.3 Å². The monoisotopic (exact) mass is 316 g/mol. The predicted octanol–water partition coefficient (Wildman–Crippen LogP) is 3.58. The Hall–Kier alpha value is -1.55. The molecule has 4 heteroatoms. The molecule has 126 valence electrons. The molecule has 0 radical (unpaired) electrons. The van der Waals surface area contributed by atoms with E-state index in [0.717, 1.165) is 24.3 Å². The van der Waals surface area contributed by atoms with Crippen molar-refractivity contribution in [3.63, 3.8) is 0 Å². The molecule has 2 saturated heterocycles. The molecule has 0 spiro atoms. The second kappa shape index (κ2) is 7.35. The molecule has 2 aliphatic heterocycles. The second-order valence-corrected chi connectivity index (χ2v) is 7.43. The number of ether oxygens (including phenoxy) is 1. The second-order valence-electron chi connectivity index (χ2n) is 7.43. The molecule has 2 fully saturated rings. The lowest BCUT2D eigenvalue weighted by molar-refractivity contribution is -0.117. The van der Waals surface area contributed by atoms with Gasteiger partial charge in [-0.3, -0.25) is 4.79 Å². The smallest absolute Gasteiger partial charge is 0.224 e. The summed E-state index contributed by atoms with van der Waals surface area (Å²) < 4.78 is 5.81. The van der Waals surface area contributed by atoms with Gasteiger partial charge in [0.05, 0.1) is 12.3 Å². The molecule has 4 nitrogen and oxygen atoms in total. The normalized spacial score (nSPS) is 26.3. The molecular weight excluding hydrogens is 288 g/mol. The van der Waals surface area contributed by atoms with Crippen molar-refractivity contribution in [2.75, 3.05) is 11.9 Å². The third-order valence-corrected chi connectivity index (χ3v) is 4.78. The van der Waals surface area contributed by atoms with E-state index in [9.17, 15) is 4.79 Å². The van der Waals surface area contributed by atoms with Crippen LogP contribution in [0.3, 0.4) is 0 Å². The highest BCUT2D eigenvalue weighted by molar-refractivity contribution is 5.92. The predicted molar refractivity (Wildman–Crippen MR) is 92.7 cm³/mol. The number of fused-ring (bicyclic) bond motifs is 2.